The van der Waals surface area contributed by atoms with E-state index in [0.29, 0.717) is 41.9 Å². The Kier molecular flexibility index (Phi) is 5.16. The van der Waals surface area contributed by atoms with E-state index in [1.165, 1.54) is 0 Å². The number of piperidine rings is 1. The van der Waals surface area contributed by atoms with Crippen LogP contribution in [-0.2, 0) is 11.2 Å². The molecule has 6 nitrogen and oxygen atoms in total. The lowest BCUT2D eigenvalue weighted by Crippen LogP contribution is -2.39. The average Bonchev–Trinajstić information content (AvgIpc) is 3.19. The van der Waals surface area contributed by atoms with Crippen molar-refractivity contribution in [2.75, 3.05) is 13.1 Å². The summed E-state index contributed by atoms with van der Waals surface area (Å²) in [5, 5.41) is 4.77. The minimum Gasteiger partial charge on any atom is -0.342 e. The third-order valence-electron chi connectivity index (χ3n) is 4.78. The lowest BCUT2D eigenvalue weighted by Gasteiger charge is -2.30. The van der Waals surface area contributed by atoms with Crippen molar-refractivity contribution >= 4 is 17.5 Å². The number of carbonyl (C=O) groups is 1. The normalized spacial score (nSPS) is 15.1. The van der Waals surface area contributed by atoms with Gasteiger partial charge in [-0.3, -0.25) is 9.78 Å². The summed E-state index contributed by atoms with van der Waals surface area (Å²) in [4.78, 5) is 23.2. The molecular weight excluding hydrogens is 364 g/mol. The molecule has 0 saturated carbocycles. The van der Waals surface area contributed by atoms with Gasteiger partial charge in [-0.25, -0.2) is 0 Å². The van der Waals surface area contributed by atoms with Crippen LogP contribution < -0.4 is 0 Å². The number of likely N-dealkylation sites (tertiary alicyclic amines) is 1. The van der Waals surface area contributed by atoms with Crippen molar-refractivity contribution in [2.24, 2.45) is 0 Å². The molecule has 0 N–H and O–H groups in total. The summed E-state index contributed by atoms with van der Waals surface area (Å²) in [6.07, 6.45) is 3.71. The number of nitrogens with zero attached hydrogens (tertiary/aromatic N) is 4. The number of hydrogen-bond donors (Lipinski definition) is 0. The number of rotatable bonds is 4. The number of carbonyl (C=O) groups excluding carboxylic acids is 1. The van der Waals surface area contributed by atoms with Crippen molar-refractivity contribution in [3.05, 3.63) is 65.1 Å². The van der Waals surface area contributed by atoms with E-state index in [2.05, 4.69) is 15.1 Å². The Morgan fingerprint density at radius 2 is 2.04 bits per heavy atom. The zero-order valence-corrected chi connectivity index (χ0v) is 15.5. The average molecular weight is 383 g/mol. The van der Waals surface area contributed by atoms with Crippen LogP contribution in [0.4, 0.5) is 0 Å². The van der Waals surface area contributed by atoms with E-state index in [-0.39, 0.29) is 11.8 Å². The number of halogens is 1. The number of benzene rings is 1. The molecule has 1 aliphatic rings. The van der Waals surface area contributed by atoms with Crippen molar-refractivity contribution in [3.8, 4) is 11.6 Å². The molecule has 1 saturated heterocycles. The van der Waals surface area contributed by atoms with Crippen LogP contribution in [0.15, 0.2) is 53.2 Å². The van der Waals surface area contributed by atoms with Crippen LogP contribution >= 0.6 is 11.6 Å². The van der Waals surface area contributed by atoms with Crippen LogP contribution in [0.1, 0.15) is 30.1 Å². The van der Waals surface area contributed by atoms with Gasteiger partial charge < -0.3 is 9.42 Å². The van der Waals surface area contributed by atoms with Crippen molar-refractivity contribution < 1.29 is 9.32 Å². The van der Waals surface area contributed by atoms with E-state index in [9.17, 15) is 4.79 Å². The molecule has 138 valence electrons. The van der Waals surface area contributed by atoms with Crippen LogP contribution in [0.3, 0.4) is 0 Å². The van der Waals surface area contributed by atoms with Crippen LogP contribution in [0, 0.1) is 0 Å². The third kappa shape index (κ3) is 4.17. The molecule has 1 fully saturated rings. The highest BCUT2D eigenvalue weighted by atomic mass is 35.5. The lowest BCUT2D eigenvalue weighted by atomic mass is 9.95. The van der Waals surface area contributed by atoms with Gasteiger partial charge in [0.15, 0.2) is 5.82 Å². The molecule has 0 spiro atoms. The van der Waals surface area contributed by atoms with Crippen molar-refractivity contribution in [1.29, 1.82) is 0 Å². The Bertz CT molecular complexity index is 920. The van der Waals surface area contributed by atoms with E-state index in [0.717, 1.165) is 18.4 Å². The van der Waals surface area contributed by atoms with Gasteiger partial charge in [0.1, 0.15) is 5.69 Å². The van der Waals surface area contributed by atoms with Crippen molar-refractivity contribution in [1.82, 2.24) is 20.0 Å². The van der Waals surface area contributed by atoms with Crippen LogP contribution in [0.25, 0.3) is 11.6 Å². The van der Waals surface area contributed by atoms with E-state index >= 15 is 0 Å². The number of amides is 1. The molecule has 0 unspecified atom stereocenters. The Balaban J connectivity index is 1.35. The highest BCUT2D eigenvalue weighted by Crippen LogP contribution is 2.28. The van der Waals surface area contributed by atoms with Gasteiger partial charge in [-0.15, -0.1) is 0 Å². The van der Waals surface area contributed by atoms with Gasteiger partial charge in [-0.05, 0) is 42.7 Å². The molecule has 1 aliphatic heterocycles. The molecule has 0 radical (unpaired) electrons. The Morgan fingerprint density at radius 1 is 1.19 bits per heavy atom. The Morgan fingerprint density at radius 3 is 2.78 bits per heavy atom. The smallest absolute Gasteiger partial charge is 0.276 e. The third-order valence-corrected chi connectivity index (χ3v) is 5.02. The first kappa shape index (κ1) is 17.7. The molecule has 1 amide bonds. The second-order valence-corrected chi connectivity index (χ2v) is 7.07. The summed E-state index contributed by atoms with van der Waals surface area (Å²) < 4.78 is 5.35. The fourth-order valence-corrected chi connectivity index (χ4v) is 3.53. The highest BCUT2D eigenvalue weighted by Gasteiger charge is 2.27. The number of pyridine rings is 1. The van der Waals surface area contributed by atoms with E-state index < -0.39 is 0 Å². The molecule has 3 heterocycles. The second kappa shape index (κ2) is 7.88. The molecule has 3 aromatic rings. The SMILES string of the molecule is O=C(Cc1cccc(Cl)c1)N1CCC(c2noc(-c3ccccn3)n2)CC1. The van der Waals surface area contributed by atoms with Crippen LogP contribution in [-0.4, -0.2) is 39.0 Å². The van der Waals surface area contributed by atoms with Gasteiger partial charge in [0.2, 0.25) is 5.91 Å². The first-order chi connectivity index (χ1) is 13.2. The maximum absolute atomic E-state index is 12.5. The summed E-state index contributed by atoms with van der Waals surface area (Å²) in [6, 6.07) is 13.0. The Labute approximate surface area is 162 Å². The number of hydrogen-bond acceptors (Lipinski definition) is 5. The van der Waals surface area contributed by atoms with E-state index in [1.807, 2.05) is 47.4 Å². The number of aromatic nitrogens is 3. The molecule has 4 rings (SSSR count). The van der Waals surface area contributed by atoms with Crippen LogP contribution in [0.2, 0.25) is 5.02 Å². The molecule has 0 aliphatic carbocycles. The molecule has 1 aromatic carbocycles. The van der Waals surface area contributed by atoms with E-state index in [4.69, 9.17) is 16.1 Å². The predicted molar refractivity (Wildman–Crippen MR) is 101 cm³/mol. The maximum Gasteiger partial charge on any atom is 0.276 e. The molecule has 27 heavy (non-hydrogen) atoms. The second-order valence-electron chi connectivity index (χ2n) is 6.63. The highest BCUT2D eigenvalue weighted by molar-refractivity contribution is 6.30. The summed E-state index contributed by atoms with van der Waals surface area (Å²) in [5.74, 6) is 1.45. The maximum atomic E-state index is 12.5. The monoisotopic (exact) mass is 382 g/mol. The summed E-state index contributed by atoms with van der Waals surface area (Å²) >= 11 is 6.00. The summed E-state index contributed by atoms with van der Waals surface area (Å²) in [6.45, 7) is 1.38. The topological polar surface area (TPSA) is 72.1 Å². The fraction of sp³-hybridized carbons (Fsp3) is 0.300. The fourth-order valence-electron chi connectivity index (χ4n) is 3.31. The largest absolute Gasteiger partial charge is 0.342 e. The molecule has 0 atom stereocenters. The quantitative estimate of drug-likeness (QED) is 0.687. The van der Waals surface area contributed by atoms with Gasteiger partial charge in [0, 0.05) is 30.2 Å². The Hall–Kier alpha value is -2.73. The molecular formula is C20H19ClN4O2. The van der Waals surface area contributed by atoms with Crippen molar-refractivity contribution in [3.63, 3.8) is 0 Å². The zero-order valence-electron chi connectivity index (χ0n) is 14.7. The summed E-state index contributed by atoms with van der Waals surface area (Å²) in [5.41, 5.74) is 1.61. The van der Waals surface area contributed by atoms with E-state index in [1.54, 1.807) is 6.20 Å². The minimum absolute atomic E-state index is 0.123. The standard InChI is InChI=1S/C20H19ClN4O2/c21-16-5-3-4-14(12-16)13-18(26)25-10-7-15(8-11-25)19-23-20(27-24-19)17-6-1-2-9-22-17/h1-6,9,12,15H,7-8,10-11,13H2. The van der Waals surface area contributed by atoms with Gasteiger partial charge in [0.25, 0.3) is 5.89 Å². The lowest BCUT2D eigenvalue weighted by molar-refractivity contribution is -0.131. The first-order valence-electron chi connectivity index (χ1n) is 8.96. The predicted octanol–water partition coefficient (Wildman–Crippen LogP) is 3.73. The van der Waals surface area contributed by atoms with Crippen molar-refractivity contribution in [2.45, 2.75) is 25.2 Å². The first-order valence-corrected chi connectivity index (χ1v) is 9.34. The van der Waals surface area contributed by atoms with Gasteiger partial charge in [0.05, 0.1) is 6.42 Å². The van der Waals surface area contributed by atoms with Gasteiger partial charge >= 0.3 is 0 Å². The minimum atomic E-state index is 0.123. The zero-order chi connectivity index (χ0) is 18.6. The summed E-state index contributed by atoms with van der Waals surface area (Å²) in [7, 11) is 0. The molecule has 2 aromatic heterocycles. The molecule has 0 bridgehead atoms. The van der Waals surface area contributed by atoms with Gasteiger partial charge in [-0.1, -0.05) is 35.0 Å². The van der Waals surface area contributed by atoms with Gasteiger partial charge in [-0.2, -0.15) is 4.98 Å². The molecule has 7 heteroatoms. The van der Waals surface area contributed by atoms with Crippen LogP contribution in [0.5, 0.6) is 0 Å².